The maximum absolute atomic E-state index is 12.2. The Morgan fingerprint density at radius 1 is 1.28 bits per heavy atom. The van der Waals surface area contributed by atoms with Crippen molar-refractivity contribution < 1.29 is 9.53 Å². The standard InChI is InChI=1S/C19H21N3O2S/c1-3-22-9-8-16(21-22)11-20-19(23)18-10-15(13-25-18)12-24-17-6-4-14(2)5-7-17/h4-10,13H,3,11-12H2,1-2H3,(H,20,23). The topological polar surface area (TPSA) is 56.2 Å². The van der Waals surface area contributed by atoms with Crippen molar-refractivity contribution in [2.24, 2.45) is 0 Å². The molecule has 130 valence electrons. The van der Waals surface area contributed by atoms with Crippen LogP contribution >= 0.6 is 11.3 Å². The molecule has 0 saturated carbocycles. The van der Waals surface area contributed by atoms with Gasteiger partial charge in [0.05, 0.1) is 17.1 Å². The molecule has 0 aliphatic heterocycles. The van der Waals surface area contributed by atoms with E-state index in [-0.39, 0.29) is 5.91 Å². The van der Waals surface area contributed by atoms with E-state index in [1.165, 1.54) is 16.9 Å². The highest BCUT2D eigenvalue weighted by molar-refractivity contribution is 7.12. The Labute approximate surface area is 151 Å². The van der Waals surface area contributed by atoms with Gasteiger partial charge in [-0.2, -0.15) is 5.10 Å². The van der Waals surface area contributed by atoms with E-state index in [1.54, 1.807) is 0 Å². The van der Waals surface area contributed by atoms with Crippen LogP contribution in [0, 0.1) is 6.92 Å². The first-order valence-corrected chi connectivity index (χ1v) is 9.09. The number of amides is 1. The number of benzene rings is 1. The Hall–Kier alpha value is -2.60. The molecular formula is C19H21N3O2S. The summed E-state index contributed by atoms with van der Waals surface area (Å²) in [5.41, 5.74) is 3.05. The van der Waals surface area contributed by atoms with Crippen molar-refractivity contribution in [3.63, 3.8) is 0 Å². The van der Waals surface area contributed by atoms with Gasteiger partial charge >= 0.3 is 0 Å². The summed E-state index contributed by atoms with van der Waals surface area (Å²) in [6.45, 7) is 5.78. The zero-order valence-electron chi connectivity index (χ0n) is 14.4. The first-order valence-electron chi connectivity index (χ1n) is 8.21. The van der Waals surface area contributed by atoms with Gasteiger partial charge in [-0.25, -0.2) is 0 Å². The molecule has 3 aromatic rings. The lowest BCUT2D eigenvalue weighted by Gasteiger charge is -2.04. The molecule has 1 N–H and O–H groups in total. The van der Waals surface area contributed by atoms with Crippen LogP contribution < -0.4 is 10.1 Å². The summed E-state index contributed by atoms with van der Waals surface area (Å²) in [7, 11) is 0. The predicted molar refractivity (Wildman–Crippen MR) is 98.9 cm³/mol. The van der Waals surface area contributed by atoms with Gasteiger partial charge in [-0.3, -0.25) is 9.48 Å². The zero-order valence-corrected chi connectivity index (χ0v) is 15.2. The van der Waals surface area contributed by atoms with Crippen molar-refractivity contribution in [1.29, 1.82) is 0 Å². The van der Waals surface area contributed by atoms with Gasteiger partial charge in [-0.05, 0) is 43.5 Å². The minimum absolute atomic E-state index is 0.0855. The van der Waals surface area contributed by atoms with E-state index < -0.39 is 0 Å². The largest absolute Gasteiger partial charge is 0.489 e. The second-order valence-electron chi connectivity index (χ2n) is 5.77. The summed E-state index contributed by atoms with van der Waals surface area (Å²) in [5.74, 6) is 0.743. The number of hydrogen-bond donors (Lipinski definition) is 1. The van der Waals surface area contributed by atoms with Gasteiger partial charge in [0.15, 0.2) is 0 Å². The van der Waals surface area contributed by atoms with Gasteiger partial charge in [-0.15, -0.1) is 11.3 Å². The number of rotatable bonds is 7. The number of ether oxygens (including phenoxy) is 1. The molecule has 3 rings (SSSR count). The van der Waals surface area contributed by atoms with Gasteiger partial charge in [0.2, 0.25) is 0 Å². The van der Waals surface area contributed by atoms with Crippen LogP contribution in [0.3, 0.4) is 0 Å². The fourth-order valence-corrected chi connectivity index (χ4v) is 3.12. The molecule has 1 aromatic carbocycles. The molecule has 0 spiro atoms. The number of thiophene rings is 1. The Bertz CT molecular complexity index is 836. The summed E-state index contributed by atoms with van der Waals surface area (Å²) in [6, 6.07) is 11.7. The molecule has 1 amide bonds. The molecule has 0 radical (unpaired) electrons. The highest BCUT2D eigenvalue weighted by atomic mass is 32.1. The molecular weight excluding hydrogens is 334 g/mol. The van der Waals surface area contributed by atoms with E-state index in [0.717, 1.165) is 23.6 Å². The molecule has 0 bridgehead atoms. The molecule has 0 saturated heterocycles. The number of hydrogen-bond acceptors (Lipinski definition) is 4. The van der Waals surface area contributed by atoms with Crippen molar-refractivity contribution in [1.82, 2.24) is 15.1 Å². The molecule has 2 heterocycles. The lowest BCUT2D eigenvalue weighted by atomic mass is 10.2. The molecule has 0 atom stereocenters. The van der Waals surface area contributed by atoms with Crippen LogP contribution in [0.1, 0.15) is 33.4 Å². The molecule has 5 nitrogen and oxygen atoms in total. The highest BCUT2D eigenvalue weighted by Crippen LogP contribution is 2.18. The predicted octanol–water partition coefficient (Wildman–Crippen LogP) is 3.78. The third kappa shape index (κ3) is 4.70. The molecule has 25 heavy (non-hydrogen) atoms. The summed E-state index contributed by atoms with van der Waals surface area (Å²) in [6.07, 6.45) is 1.91. The van der Waals surface area contributed by atoms with E-state index in [2.05, 4.69) is 10.4 Å². The van der Waals surface area contributed by atoms with Gasteiger partial charge in [-0.1, -0.05) is 17.7 Å². The fraction of sp³-hybridized carbons (Fsp3) is 0.263. The third-order valence-electron chi connectivity index (χ3n) is 3.75. The normalized spacial score (nSPS) is 10.6. The van der Waals surface area contributed by atoms with Crippen LogP contribution in [0.4, 0.5) is 0 Å². The van der Waals surface area contributed by atoms with Crippen molar-refractivity contribution >= 4 is 17.2 Å². The Kier molecular flexibility index (Phi) is 5.50. The number of aryl methyl sites for hydroxylation is 2. The number of carbonyl (C=O) groups is 1. The average Bonchev–Trinajstić information content (AvgIpc) is 3.28. The summed E-state index contributed by atoms with van der Waals surface area (Å²) in [4.78, 5) is 12.9. The van der Waals surface area contributed by atoms with E-state index in [9.17, 15) is 4.79 Å². The zero-order chi connectivity index (χ0) is 17.6. The van der Waals surface area contributed by atoms with Gasteiger partial charge in [0.25, 0.3) is 5.91 Å². The molecule has 6 heteroatoms. The monoisotopic (exact) mass is 355 g/mol. The second-order valence-corrected chi connectivity index (χ2v) is 6.68. The van der Waals surface area contributed by atoms with Crippen LogP contribution in [-0.2, 0) is 19.7 Å². The number of nitrogens with one attached hydrogen (secondary N) is 1. The average molecular weight is 355 g/mol. The van der Waals surface area contributed by atoms with Crippen LogP contribution in [0.15, 0.2) is 48.0 Å². The van der Waals surface area contributed by atoms with Crippen molar-refractivity contribution in [2.75, 3.05) is 0 Å². The second kappa shape index (κ2) is 7.98. The van der Waals surface area contributed by atoms with Crippen LogP contribution in [0.5, 0.6) is 5.75 Å². The Balaban J connectivity index is 1.51. The molecule has 0 unspecified atom stereocenters. The minimum Gasteiger partial charge on any atom is -0.489 e. The van der Waals surface area contributed by atoms with Gasteiger partial charge in [0.1, 0.15) is 12.4 Å². The molecule has 0 fully saturated rings. The quantitative estimate of drug-likeness (QED) is 0.702. The maximum Gasteiger partial charge on any atom is 0.261 e. The lowest BCUT2D eigenvalue weighted by Crippen LogP contribution is -2.22. The number of aromatic nitrogens is 2. The summed E-state index contributed by atoms with van der Waals surface area (Å²) < 4.78 is 7.59. The first kappa shape index (κ1) is 17.2. The molecule has 0 aliphatic rings. The van der Waals surface area contributed by atoms with Crippen LogP contribution in [-0.4, -0.2) is 15.7 Å². The molecule has 2 aromatic heterocycles. The Morgan fingerprint density at radius 2 is 2.08 bits per heavy atom. The SMILES string of the molecule is CCn1ccc(CNC(=O)c2cc(COc3ccc(C)cc3)cs2)n1. The molecule has 0 aliphatic carbocycles. The van der Waals surface area contributed by atoms with Crippen molar-refractivity contribution in [3.8, 4) is 5.75 Å². The number of carbonyl (C=O) groups excluding carboxylic acids is 1. The van der Waals surface area contributed by atoms with Gasteiger partial charge in [0, 0.05) is 18.3 Å². The maximum atomic E-state index is 12.2. The van der Waals surface area contributed by atoms with Crippen LogP contribution in [0.25, 0.3) is 0 Å². The highest BCUT2D eigenvalue weighted by Gasteiger charge is 2.10. The lowest BCUT2D eigenvalue weighted by molar-refractivity contribution is 0.0954. The van der Waals surface area contributed by atoms with Crippen molar-refractivity contribution in [3.05, 3.63) is 69.7 Å². The van der Waals surface area contributed by atoms with E-state index in [4.69, 9.17) is 4.74 Å². The van der Waals surface area contributed by atoms with Crippen LogP contribution in [0.2, 0.25) is 0 Å². The van der Waals surface area contributed by atoms with Crippen molar-refractivity contribution in [2.45, 2.75) is 33.5 Å². The van der Waals surface area contributed by atoms with E-state index in [0.29, 0.717) is 18.0 Å². The summed E-state index contributed by atoms with van der Waals surface area (Å²) in [5, 5.41) is 9.21. The smallest absolute Gasteiger partial charge is 0.261 e. The minimum atomic E-state index is -0.0855. The first-order chi connectivity index (χ1) is 12.1. The van der Waals surface area contributed by atoms with Gasteiger partial charge < -0.3 is 10.1 Å². The summed E-state index contributed by atoms with van der Waals surface area (Å²) >= 11 is 1.42. The van der Waals surface area contributed by atoms with E-state index >= 15 is 0 Å². The third-order valence-corrected chi connectivity index (χ3v) is 4.73. The fourth-order valence-electron chi connectivity index (χ4n) is 2.30. The number of nitrogens with zero attached hydrogens (tertiary/aromatic N) is 2. The van der Waals surface area contributed by atoms with E-state index in [1.807, 2.05) is 66.5 Å². The Morgan fingerprint density at radius 3 is 2.80 bits per heavy atom.